The van der Waals surface area contributed by atoms with Crippen molar-refractivity contribution in [2.75, 3.05) is 111 Å². The molecule has 1 heterocycles. The number of nitrogens with zero attached hydrogens (tertiary/aromatic N) is 4. The molecule has 1 unspecified atom stereocenters. The molecule has 1 aliphatic heterocycles. The molecule has 0 radical (unpaired) electrons. The van der Waals surface area contributed by atoms with Crippen molar-refractivity contribution in [2.24, 2.45) is 5.73 Å². The lowest BCUT2D eigenvalue weighted by Crippen LogP contribution is -2.50. The summed E-state index contributed by atoms with van der Waals surface area (Å²) in [6.45, 7) is 5.00. The van der Waals surface area contributed by atoms with Gasteiger partial charge >= 0.3 is 17.9 Å². The van der Waals surface area contributed by atoms with Crippen LogP contribution < -0.4 is 21.7 Å². The van der Waals surface area contributed by atoms with Crippen LogP contribution in [0.15, 0.2) is 0 Å². The molecule has 0 aromatic carbocycles. The highest BCUT2D eigenvalue weighted by Gasteiger charge is 2.21. The summed E-state index contributed by atoms with van der Waals surface area (Å²) in [5, 5.41) is 36.0. The summed E-state index contributed by atoms with van der Waals surface area (Å²) < 4.78 is 5.45. The summed E-state index contributed by atoms with van der Waals surface area (Å²) in [4.78, 5) is 77.5. The fourth-order valence-electron chi connectivity index (χ4n) is 4.56. The van der Waals surface area contributed by atoms with Crippen molar-refractivity contribution in [1.29, 1.82) is 0 Å². The van der Waals surface area contributed by atoms with Crippen molar-refractivity contribution in [3.63, 3.8) is 0 Å². The van der Waals surface area contributed by atoms with Crippen molar-refractivity contribution in [1.82, 2.24) is 35.6 Å². The average molecular weight is 661 g/mol. The first-order valence-electron chi connectivity index (χ1n) is 15.6. The number of carbonyl (C=O) groups excluding carboxylic acids is 3. The van der Waals surface area contributed by atoms with Crippen LogP contribution in [-0.4, -0.2) is 188 Å². The van der Waals surface area contributed by atoms with Crippen LogP contribution in [0.5, 0.6) is 0 Å². The molecule has 0 aliphatic carbocycles. The minimum Gasteiger partial charge on any atom is -0.480 e. The van der Waals surface area contributed by atoms with Gasteiger partial charge in [-0.25, -0.2) is 0 Å². The Morgan fingerprint density at radius 3 is 1.41 bits per heavy atom. The Morgan fingerprint density at radius 2 is 1.02 bits per heavy atom. The first-order valence-corrected chi connectivity index (χ1v) is 15.6. The van der Waals surface area contributed by atoms with Crippen molar-refractivity contribution in [3.8, 4) is 0 Å². The van der Waals surface area contributed by atoms with Crippen molar-refractivity contribution in [2.45, 2.75) is 32.2 Å². The Morgan fingerprint density at radius 1 is 0.630 bits per heavy atom. The summed E-state index contributed by atoms with van der Waals surface area (Å²) in [5.74, 6) is -4.12. The number of unbranched alkanes of at least 4 members (excludes halogenated alkanes) is 1. The number of amides is 3. The molecule has 0 bridgehead atoms. The van der Waals surface area contributed by atoms with Crippen LogP contribution in [-0.2, 0) is 33.5 Å². The van der Waals surface area contributed by atoms with Crippen LogP contribution in [0.1, 0.15) is 26.2 Å². The van der Waals surface area contributed by atoms with Gasteiger partial charge in [0.1, 0.15) is 0 Å². The second-order valence-electron chi connectivity index (χ2n) is 11.1. The SMILES string of the molecule is CCCCNC(=O)C(N)CC(=O)NCCOCCNC(=O)CN1CCN(CC(=O)O)CCN(CC(=O)O)CCN(CC(=O)O)CC1. The Hall–Kier alpha value is -3.42. The van der Waals surface area contributed by atoms with Gasteiger partial charge in [-0.15, -0.1) is 0 Å². The van der Waals surface area contributed by atoms with E-state index < -0.39 is 23.9 Å². The van der Waals surface area contributed by atoms with Gasteiger partial charge in [-0.3, -0.25) is 48.4 Å². The molecule has 18 heteroatoms. The predicted molar refractivity (Wildman–Crippen MR) is 166 cm³/mol. The van der Waals surface area contributed by atoms with E-state index in [1.54, 1.807) is 14.7 Å². The van der Waals surface area contributed by atoms with Gasteiger partial charge in [0.15, 0.2) is 0 Å². The fraction of sp³-hybridized carbons (Fsp3) is 0.786. The first kappa shape index (κ1) is 40.6. The summed E-state index contributed by atoms with van der Waals surface area (Å²) in [6, 6.07) is -0.931. The van der Waals surface area contributed by atoms with Crippen LogP contribution in [0.25, 0.3) is 0 Å². The van der Waals surface area contributed by atoms with Gasteiger partial charge in [0.25, 0.3) is 0 Å². The number of rotatable bonds is 20. The quantitative estimate of drug-likeness (QED) is 0.0622. The van der Waals surface area contributed by atoms with Crippen LogP contribution in [0, 0.1) is 0 Å². The van der Waals surface area contributed by atoms with Gasteiger partial charge in [-0.2, -0.15) is 0 Å². The molecular weight excluding hydrogens is 608 g/mol. The lowest BCUT2D eigenvalue weighted by Gasteiger charge is -2.32. The van der Waals surface area contributed by atoms with Crippen LogP contribution in [0.2, 0.25) is 0 Å². The highest BCUT2D eigenvalue weighted by atomic mass is 16.5. The molecule has 18 nitrogen and oxygen atoms in total. The van der Waals surface area contributed by atoms with E-state index in [9.17, 15) is 44.1 Å². The van der Waals surface area contributed by atoms with Gasteiger partial charge in [0.2, 0.25) is 17.7 Å². The molecule has 1 fully saturated rings. The van der Waals surface area contributed by atoms with E-state index in [1.165, 1.54) is 0 Å². The standard InChI is InChI=1S/C28H52N8O10/c1-2-3-4-32-28(45)22(29)17-23(37)30-5-15-46-16-6-31-24(38)18-33-7-9-34(19-25(39)40)11-13-36(21-27(43)44)14-12-35(10-8-33)20-26(41)42/h22H,2-21,29H2,1H3,(H,30,37)(H,31,38)(H,32,45)(H,39,40)(H,41,42)(H,43,44). The molecule has 1 saturated heterocycles. The fourth-order valence-corrected chi connectivity index (χ4v) is 4.56. The second kappa shape index (κ2) is 23.9. The van der Waals surface area contributed by atoms with Gasteiger partial charge in [0.05, 0.1) is 51.9 Å². The predicted octanol–water partition coefficient (Wildman–Crippen LogP) is -3.66. The molecule has 0 spiro atoms. The maximum atomic E-state index is 12.7. The molecule has 1 aliphatic rings. The molecule has 0 aromatic rings. The number of hydrogen-bond acceptors (Lipinski definition) is 12. The van der Waals surface area contributed by atoms with Gasteiger partial charge < -0.3 is 41.7 Å². The Balaban J connectivity index is 2.52. The number of ether oxygens (including phenoxy) is 1. The third-order valence-corrected chi connectivity index (χ3v) is 7.08. The maximum absolute atomic E-state index is 12.7. The highest BCUT2D eigenvalue weighted by Crippen LogP contribution is 2.01. The zero-order valence-corrected chi connectivity index (χ0v) is 26.8. The smallest absolute Gasteiger partial charge is 0.317 e. The van der Waals surface area contributed by atoms with Gasteiger partial charge in [-0.05, 0) is 6.42 Å². The lowest BCUT2D eigenvalue weighted by atomic mass is 10.2. The van der Waals surface area contributed by atoms with Gasteiger partial charge in [0, 0.05) is 72.0 Å². The minimum absolute atomic E-state index is 0.00467. The number of hydrogen-bond donors (Lipinski definition) is 7. The summed E-state index contributed by atoms with van der Waals surface area (Å²) in [5.41, 5.74) is 5.76. The monoisotopic (exact) mass is 660 g/mol. The van der Waals surface area contributed by atoms with E-state index in [0.717, 1.165) is 12.8 Å². The molecule has 264 valence electrons. The zero-order chi connectivity index (χ0) is 34.3. The van der Waals surface area contributed by atoms with E-state index in [-0.39, 0.29) is 103 Å². The number of nitrogens with one attached hydrogen (secondary N) is 3. The molecule has 1 rings (SSSR count). The number of aliphatic carboxylic acids is 3. The molecule has 0 aromatic heterocycles. The Bertz CT molecular complexity index is 941. The van der Waals surface area contributed by atoms with Crippen LogP contribution in [0.3, 0.4) is 0 Å². The number of nitrogens with two attached hydrogens (primary N) is 1. The first-order chi connectivity index (χ1) is 21.9. The molecule has 46 heavy (non-hydrogen) atoms. The number of carboxylic acids is 3. The minimum atomic E-state index is -1.03. The number of carbonyl (C=O) groups is 6. The molecular formula is C28H52N8O10. The van der Waals surface area contributed by atoms with Crippen LogP contribution in [0.4, 0.5) is 0 Å². The molecule has 8 N–H and O–H groups in total. The number of carboxylic acid groups (broad SMARTS) is 3. The topological polar surface area (TPSA) is 247 Å². The Labute approximate surface area is 269 Å². The van der Waals surface area contributed by atoms with E-state index in [4.69, 9.17) is 10.5 Å². The molecule has 0 saturated carbocycles. The van der Waals surface area contributed by atoms with E-state index in [2.05, 4.69) is 16.0 Å². The normalized spacial score (nSPS) is 16.8. The van der Waals surface area contributed by atoms with Crippen molar-refractivity contribution >= 4 is 35.6 Å². The third-order valence-electron chi connectivity index (χ3n) is 7.08. The summed E-state index contributed by atoms with van der Waals surface area (Å²) in [6.07, 6.45) is 1.62. The summed E-state index contributed by atoms with van der Waals surface area (Å²) >= 11 is 0. The molecule has 1 atom stereocenters. The Kier molecular flexibility index (Phi) is 21.1. The third kappa shape index (κ3) is 20.6. The van der Waals surface area contributed by atoms with Gasteiger partial charge in [-0.1, -0.05) is 13.3 Å². The average Bonchev–Trinajstić information content (AvgIpc) is 2.97. The molecule has 3 amide bonds. The van der Waals surface area contributed by atoms with Crippen LogP contribution >= 0.6 is 0 Å². The van der Waals surface area contributed by atoms with E-state index >= 15 is 0 Å². The maximum Gasteiger partial charge on any atom is 0.317 e. The lowest BCUT2D eigenvalue weighted by molar-refractivity contribution is -0.140. The van der Waals surface area contributed by atoms with E-state index in [1.807, 2.05) is 11.8 Å². The van der Waals surface area contributed by atoms with Crippen molar-refractivity contribution < 1.29 is 48.8 Å². The van der Waals surface area contributed by atoms with E-state index in [0.29, 0.717) is 32.7 Å². The zero-order valence-electron chi connectivity index (χ0n) is 26.8. The summed E-state index contributed by atoms with van der Waals surface area (Å²) in [7, 11) is 0. The second-order valence-corrected chi connectivity index (χ2v) is 11.1. The largest absolute Gasteiger partial charge is 0.480 e. The van der Waals surface area contributed by atoms with Crippen molar-refractivity contribution in [3.05, 3.63) is 0 Å². The highest BCUT2D eigenvalue weighted by molar-refractivity contribution is 5.88.